The highest BCUT2D eigenvalue weighted by Gasteiger charge is 2.19. The number of ether oxygens (including phenoxy) is 1. The van der Waals surface area contributed by atoms with Crippen molar-refractivity contribution in [3.8, 4) is 28.4 Å². The van der Waals surface area contributed by atoms with Crippen molar-refractivity contribution in [1.82, 2.24) is 9.78 Å². The van der Waals surface area contributed by atoms with Crippen molar-refractivity contribution in [2.24, 2.45) is 0 Å². The molecule has 0 aliphatic carbocycles. The summed E-state index contributed by atoms with van der Waals surface area (Å²) in [4.78, 5) is 0. The minimum atomic E-state index is 0.262. The number of hydrogen-bond donors (Lipinski definition) is 1. The lowest BCUT2D eigenvalue weighted by molar-refractivity contribution is 0.414. The molecule has 0 saturated heterocycles. The Balaban J connectivity index is 2.18. The normalized spacial score (nSPS) is 10.8. The molecule has 1 aromatic heterocycles. The number of aryl methyl sites for hydroxylation is 2. The van der Waals surface area contributed by atoms with Crippen molar-refractivity contribution in [2.75, 3.05) is 7.11 Å². The van der Waals surface area contributed by atoms with Gasteiger partial charge >= 0.3 is 0 Å². The molecule has 0 aliphatic heterocycles. The zero-order chi connectivity index (χ0) is 17.1. The van der Waals surface area contributed by atoms with Gasteiger partial charge in [-0.1, -0.05) is 37.1 Å². The maximum Gasteiger partial charge on any atom is 0.165 e. The first kappa shape index (κ1) is 16.1. The van der Waals surface area contributed by atoms with Gasteiger partial charge in [0, 0.05) is 5.56 Å². The largest absolute Gasteiger partial charge is 0.504 e. The first-order valence-electron chi connectivity index (χ1n) is 8.16. The maximum absolute atomic E-state index is 10.7. The van der Waals surface area contributed by atoms with Crippen LogP contribution < -0.4 is 4.74 Å². The van der Waals surface area contributed by atoms with E-state index in [1.54, 1.807) is 7.11 Å². The summed E-state index contributed by atoms with van der Waals surface area (Å²) >= 11 is 0. The molecule has 1 N–H and O–H groups in total. The van der Waals surface area contributed by atoms with Crippen LogP contribution in [-0.2, 0) is 6.42 Å². The van der Waals surface area contributed by atoms with Gasteiger partial charge in [0.15, 0.2) is 5.75 Å². The Kier molecular flexibility index (Phi) is 4.56. The van der Waals surface area contributed by atoms with Gasteiger partial charge in [-0.25, -0.2) is 4.68 Å². The number of aromatic hydroxyl groups is 1. The monoisotopic (exact) mass is 322 g/mol. The Morgan fingerprint density at radius 2 is 1.88 bits per heavy atom. The van der Waals surface area contributed by atoms with Crippen LogP contribution in [0.1, 0.15) is 24.6 Å². The third-order valence-electron chi connectivity index (χ3n) is 4.03. The van der Waals surface area contributed by atoms with E-state index in [2.05, 4.69) is 18.1 Å². The number of hydrogen-bond acceptors (Lipinski definition) is 3. The van der Waals surface area contributed by atoms with Crippen LogP contribution in [0.5, 0.6) is 11.5 Å². The van der Waals surface area contributed by atoms with E-state index in [0.717, 1.165) is 46.8 Å². The van der Waals surface area contributed by atoms with Gasteiger partial charge in [0.25, 0.3) is 0 Å². The highest BCUT2D eigenvalue weighted by atomic mass is 16.5. The summed E-state index contributed by atoms with van der Waals surface area (Å²) < 4.78 is 7.04. The molecule has 0 atom stereocenters. The number of benzene rings is 2. The summed E-state index contributed by atoms with van der Waals surface area (Å²) in [6.07, 6.45) is 1.67. The van der Waals surface area contributed by atoms with Crippen LogP contribution in [0, 0.1) is 6.92 Å². The molecule has 0 saturated carbocycles. The van der Waals surface area contributed by atoms with Crippen molar-refractivity contribution >= 4 is 0 Å². The Labute approximate surface area is 142 Å². The first-order chi connectivity index (χ1) is 11.6. The molecule has 0 fully saturated rings. The van der Waals surface area contributed by atoms with Crippen molar-refractivity contribution < 1.29 is 9.84 Å². The molecule has 24 heavy (non-hydrogen) atoms. The molecule has 3 rings (SSSR count). The lowest BCUT2D eigenvalue weighted by atomic mass is 10.1. The molecule has 0 spiro atoms. The lowest BCUT2D eigenvalue weighted by Crippen LogP contribution is -2.00. The Hall–Kier alpha value is -2.75. The van der Waals surface area contributed by atoms with E-state index in [1.165, 1.54) is 0 Å². The van der Waals surface area contributed by atoms with E-state index >= 15 is 0 Å². The molecule has 0 bridgehead atoms. The van der Waals surface area contributed by atoms with Crippen LogP contribution in [0.3, 0.4) is 0 Å². The first-order valence-corrected chi connectivity index (χ1v) is 8.16. The fourth-order valence-electron chi connectivity index (χ4n) is 2.82. The Morgan fingerprint density at radius 1 is 1.12 bits per heavy atom. The summed E-state index contributed by atoms with van der Waals surface area (Å²) in [5.41, 5.74) is 4.45. The van der Waals surface area contributed by atoms with Gasteiger partial charge in [0.2, 0.25) is 0 Å². The molecule has 0 unspecified atom stereocenters. The molecule has 4 nitrogen and oxygen atoms in total. The van der Waals surface area contributed by atoms with Crippen molar-refractivity contribution in [1.29, 1.82) is 0 Å². The van der Waals surface area contributed by atoms with Gasteiger partial charge < -0.3 is 9.84 Å². The minimum absolute atomic E-state index is 0.262. The summed E-state index contributed by atoms with van der Waals surface area (Å²) in [6.45, 7) is 4.12. The van der Waals surface area contributed by atoms with Gasteiger partial charge in [-0.05, 0) is 43.7 Å². The molecule has 0 amide bonds. The summed E-state index contributed by atoms with van der Waals surface area (Å²) in [5.74, 6) is 1.05. The fraction of sp³-hybridized carbons (Fsp3) is 0.250. The van der Waals surface area contributed by atoms with E-state index in [9.17, 15) is 5.11 Å². The molecule has 3 aromatic rings. The van der Waals surface area contributed by atoms with E-state index in [4.69, 9.17) is 4.74 Å². The van der Waals surface area contributed by atoms with Crippen LogP contribution in [0.15, 0.2) is 48.5 Å². The molecular formula is C20H22N2O2. The Morgan fingerprint density at radius 3 is 2.50 bits per heavy atom. The second kappa shape index (κ2) is 6.79. The smallest absolute Gasteiger partial charge is 0.165 e. The number of rotatable bonds is 5. The standard InChI is InChI=1S/C20H22N2O2/c1-4-6-18-20(23)19(15-8-5-7-14(2)13-15)22(21-18)16-9-11-17(24-3)12-10-16/h5,7-13,23H,4,6H2,1-3H3. The molecule has 0 radical (unpaired) electrons. The Bertz CT molecular complexity index is 835. The van der Waals surface area contributed by atoms with Crippen LogP contribution >= 0.6 is 0 Å². The molecular weight excluding hydrogens is 300 g/mol. The van der Waals surface area contributed by atoms with Crippen molar-refractivity contribution in [2.45, 2.75) is 26.7 Å². The van der Waals surface area contributed by atoms with Crippen LogP contribution in [-0.4, -0.2) is 22.0 Å². The number of nitrogens with zero attached hydrogens (tertiary/aromatic N) is 2. The van der Waals surface area contributed by atoms with Gasteiger partial charge in [-0.2, -0.15) is 5.10 Å². The predicted octanol–water partition coefficient (Wildman–Crippen LogP) is 4.51. The molecule has 124 valence electrons. The lowest BCUT2D eigenvalue weighted by Gasteiger charge is -2.09. The molecule has 1 heterocycles. The highest BCUT2D eigenvalue weighted by molar-refractivity contribution is 5.70. The van der Waals surface area contributed by atoms with Crippen LogP contribution in [0.4, 0.5) is 0 Å². The van der Waals surface area contributed by atoms with Gasteiger partial charge in [0.1, 0.15) is 17.1 Å². The number of methoxy groups -OCH3 is 1. The zero-order valence-electron chi connectivity index (χ0n) is 14.3. The zero-order valence-corrected chi connectivity index (χ0v) is 14.3. The molecule has 0 aliphatic rings. The molecule has 4 heteroatoms. The van der Waals surface area contributed by atoms with E-state index < -0.39 is 0 Å². The minimum Gasteiger partial charge on any atom is -0.504 e. The predicted molar refractivity (Wildman–Crippen MR) is 95.9 cm³/mol. The van der Waals surface area contributed by atoms with Crippen LogP contribution in [0.25, 0.3) is 16.9 Å². The van der Waals surface area contributed by atoms with Crippen molar-refractivity contribution in [3.63, 3.8) is 0 Å². The third-order valence-corrected chi connectivity index (χ3v) is 4.03. The number of aromatic nitrogens is 2. The second-order valence-corrected chi connectivity index (χ2v) is 5.87. The average Bonchev–Trinajstić information content (AvgIpc) is 2.92. The third kappa shape index (κ3) is 3.00. The van der Waals surface area contributed by atoms with Gasteiger partial charge in [-0.3, -0.25) is 0 Å². The van der Waals surface area contributed by atoms with E-state index in [0.29, 0.717) is 0 Å². The van der Waals surface area contributed by atoms with Crippen molar-refractivity contribution in [3.05, 3.63) is 59.8 Å². The topological polar surface area (TPSA) is 47.3 Å². The van der Waals surface area contributed by atoms with E-state index in [1.807, 2.05) is 54.1 Å². The average molecular weight is 322 g/mol. The molecule has 2 aromatic carbocycles. The summed E-state index contributed by atoms with van der Waals surface area (Å²) in [5, 5.41) is 15.4. The SMILES string of the molecule is CCCc1nn(-c2ccc(OC)cc2)c(-c2cccc(C)c2)c1O. The van der Waals surface area contributed by atoms with Gasteiger partial charge in [-0.15, -0.1) is 0 Å². The quantitative estimate of drug-likeness (QED) is 0.751. The summed E-state index contributed by atoms with van der Waals surface area (Å²) in [6, 6.07) is 15.8. The maximum atomic E-state index is 10.7. The van der Waals surface area contributed by atoms with Crippen LogP contribution in [0.2, 0.25) is 0 Å². The van der Waals surface area contributed by atoms with Gasteiger partial charge in [0.05, 0.1) is 12.8 Å². The fourth-order valence-corrected chi connectivity index (χ4v) is 2.82. The summed E-state index contributed by atoms with van der Waals surface area (Å²) in [7, 11) is 1.65. The second-order valence-electron chi connectivity index (χ2n) is 5.87. The van der Waals surface area contributed by atoms with E-state index in [-0.39, 0.29) is 5.75 Å². The highest BCUT2D eigenvalue weighted by Crippen LogP contribution is 2.35.